The van der Waals surface area contributed by atoms with E-state index in [9.17, 15) is 0 Å². The zero-order valence-corrected chi connectivity index (χ0v) is 13.5. The molecule has 114 valence electrons. The summed E-state index contributed by atoms with van der Waals surface area (Å²) in [5.41, 5.74) is 2.91. The Hall–Kier alpha value is -1.04. The molecule has 2 aliphatic heterocycles. The molecule has 1 aromatic rings. The van der Waals surface area contributed by atoms with E-state index in [-0.39, 0.29) is 24.4 Å². The third-order valence-corrected chi connectivity index (χ3v) is 4.96. The summed E-state index contributed by atoms with van der Waals surface area (Å²) in [6, 6.07) is 6.37. The minimum absolute atomic E-state index is 0.228. The smallest absolute Gasteiger partial charge is 0.399 e. The van der Waals surface area contributed by atoms with Crippen LogP contribution in [0.5, 0.6) is 0 Å². The lowest BCUT2D eigenvalue weighted by atomic mass is 9.77. The maximum Gasteiger partial charge on any atom is 0.494 e. The van der Waals surface area contributed by atoms with E-state index in [1.807, 2.05) is 0 Å². The Balaban J connectivity index is 1.85. The minimum atomic E-state index is -0.305. The van der Waals surface area contributed by atoms with Gasteiger partial charge in [0.1, 0.15) is 0 Å². The van der Waals surface area contributed by atoms with Crippen LogP contribution < -0.4 is 10.8 Å². The first-order chi connectivity index (χ1) is 9.82. The van der Waals surface area contributed by atoms with Gasteiger partial charge >= 0.3 is 7.12 Å². The van der Waals surface area contributed by atoms with E-state index in [1.165, 1.54) is 11.3 Å². The van der Waals surface area contributed by atoms with Gasteiger partial charge in [-0.3, -0.25) is 0 Å². The highest BCUT2D eigenvalue weighted by Crippen LogP contribution is 2.36. The van der Waals surface area contributed by atoms with Crippen molar-refractivity contribution in [2.45, 2.75) is 51.4 Å². The number of anilines is 1. The zero-order chi connectivity index (χ0) is 15.3. The van der Waals surface area contributed by atoms with Crippen LogP contribution in [0.15, 0.2) is 18.2 Å². The van der Waals surface area contributed by atoms with Gasteiger partial charge in [-0.1, -0.05) is 12.1 Å². The normalized spacial score (nSPS) is 26.3. The van der Waals surface area contributed by atoms with Gasteiger partial charge in [0, 0.05) is 25.8 Å². The molecule has 0 saturated carbocycles. The molecule has 0 spiro atoms. The third kappa shape index (κ3) is 2.58. The fourth-order valence-corrected chi connectivity index (χ4v) is 2.79. The van der Waals surface area contributed by atoms with Crippen LogP contribution >= 0.6 is 0 Å². The molecule has 5 heteroatoms. The van der Waals surface area contributed by atoms with Crippen LogP contribution in [0, 0.1) is 0 Å². The first-order valence-corrected chi connectivity index (χ1v) is 7.57. The van der Waals surface area contributed by atoms with Gasteiger partial charge in [-0.15, -0.1) is 0 Å². The van der Waals surface area contributed by atoms with E-state index in [1.54, 1.807) is 7.11 Å². The van der Waals surface area contributed by atoms with Crippen molar-refractivity contribution in [2.24, 2.45) is 0 Å². The molecule has 2 heterocycles. The number of benzene rings is 1. The van der Waals surface area contributed by atoms with Crippen molar-refractivity contribution in [3.05, 3.63) is 23.8 Å². The number of hydrogen-bond donors (Lipinski definition) is 1. The summed E-state index contributed by atoms with van der Waals surface area (Å²) in [5.74, 6) is 0. The van der Waals surface area contributed by atoms with Crippen molar-refractivity contribution in [1.29, 1.82) is 0 Å². The van der Waals surface area contributed by atoms with E-state index >= 15 is 0 Å². The van der Waals surface area contributed by atoms with Crippen molar-refractivity contribution in [3.8, 4) is 0 Å². The lowest BCUT2D eigenvalue weighted by Gasteiger charge is -2.32. The monoisotopic (exact) mass is 289 g/mol. The highest BCUT2D eigenvalue weighted by atomic mass is 16.7. The first-order valence-electron chi connectivity index (χ1n) is 7.57. The van der Waals surface area contributed by atoms with E-state index in [2.05, 4.69) is 51.2 Å². The van der Waals surface area contributed by atoms with Crippen LogP contribution in [0.3, 0.4) is 0 Å². The Morgan fingerprint density at radius 3 is 2.48 bits per heavy atom. The van der Waals surface area contributed by atoms with E-state index in [4.69, 9.17) is 14.0 Å². The van der Waals surface area contributed by atoms with Gasteiger partial charge in [-0.2, -0.15) is 0 Å². The molecule has 0 aromatic heterocycles. The molecule has 0 aliphatic carbocycles. The number of methoxy groups -OCH3 is 1. The molecule has 4 nitrogen and oxygen atoms in total. The largest absolute Gasteiger partial charge is 0.494 e. The van der Waals surface area contributed by atoms with Gasteiger partial charge < -0.3 is 19.4 Å². The predicted molar refractivity (Wildman–Crippen MR) is 85.1 cm³/mol. The van der Waals surface area contributed by atoms with E-state index < -0.39 is 0 Å². The Bertz CT molecular complexity index is 528. The molecule has 1 atom stereocenters. The summed E-state index contributed by atoms with van der Waals surface area (Å²) in [6.07, 6.45) is 1.15. The average molecular weight is 289 g/mol. The van der Waals surface area contributed by atoms with Gasteiger partial charge in [-0.25, -0.2) is 0 Å². The molecule has 1 saturated heterocycles. The SMILES string of the molecule is COC1CNc2ccc(B3OC(C)(C)C(C)(C)O3)cc2C1. The summed E-state index contributed by atoms with van der Waals surface area (Å²) in [4.78, 5) is 0. The summed E-state index contributed by atoms with van der Waals surface area (Å²) >= 11 is 0. The highest BCUT2D eigenvalue weighted by Gasteiger charge is 2.51. The summed E-state index contributed by atoms with van der Waals surface area (Å²) in [5, 5.41) is 3.41. The minimum Gasteiger partial charge on any atom is -0.399 e. The maximum atomic E-state index is 6.12. The van der Waals surface area contributed by atoms with Crippen LogP contribution in [-0.2, 0) is 20.5 Å². The van der Waals surface area contributed by atoms with Gasteiger partial charge in [0.05, 0.1) is 17.3 Å². The molecule has 1 N–H and O–H groups in total. The lowest BCUT2D eigenvalue weighted by molar-refractivity contribution is 0.00578. The van der Waals surface area contributed by atoms with Crippen LogP contribution in [0.1, 0.15) is 33.3 Å². The maximum absolute atomic E-state index is 6.12. The molecule has 2 aliphatic rings. The quantitative estimate of drug-likeness (QED) is 0.845. The first kappa shape index (κ1) is 14.9. The Labute approximate surface area is 127 Å². The van der Waals surface area contributed by atoms with E-state index in [0.29, 0.717) is 0 Å². The van der Waals surface area contributed by atoms with Crippen molar-refractivity contribution in [1.82, 2.24) is 0 Å². The highest BCUT2D eigenvalue weighted by molar-refractivity contribution is 6.62. The second kappa shape index (κ2) is 5.01. The molecular formula is C16H24BNO3. The van der Waals surface area contributed by atoms with Crippen molar-refractivity contribution >= 4 is 18.3 Å². The third-order valence-electron chi connectivity index (χ3n) is 4.96. The average Bonchev–Trinajstić information content (AvgIpc) is 2.66. The number of fused-ring (bicyclic) bond motifs is 1. The second-order valence-corrected chi connectivity index (χ2v) is 6.95. The molecule has 0 amide bonds. The Kier molecular flexibility index (Phi) is 3.55. The van der Waals surface area contributed by atoms with Crippen molar-refractivity contribution in [3.63, 3.8) is 0 Å². The molecule has 0 radical (unpaired) electrons. The van der Waals surface area contributed by atoms with Gasteiger partial charge in [0.25, 0.3) is 0 Å². The molecule has 0 bridgehead atoms. The van der Waals surface area contributed by atoms with Crippen molar-refractivity contribution in [2.75, 3.05) is 19.0 Å². The van der Waals surface area contributed by atoms with E-state index in [0.717, 1.165) is 18.4 Å². The molecule has 1 unspecified atom stereocenters. The van der Waals surface area contributed by atoms with Crippen LogP contribution in [0.25, 0.3) is 0 Å². The standard InChI is InChI=1S/C16H24BNO3/c1-15(2)16(3,4)21-17(20-15)12-6-7-14-11(8-12)9-13(19-5)10-18-14/h6-8,13,18H,9-10H2,1-5H3. The van der Waals surface area contributed by atoms with Crippen LogP contribution in [0.2, 0.25) is 0 Å². The summed E-state index contributed by atoms with van der Waals surface area (Å²) in [6.45, 7) is 9.17. The summed E-state index contributed by atoms with van der Waals surface area (Å²) in [7, 11) is 1.46. The molecule has 1 aromatic carbocycles. The number of hydrogen-bond acceptors (Lipinski definition) is 4. The Morgan fingerprint density at radius 1 is 1.19 bits per heavy atom. The molecule has 3 rings (SSSR count). The van der Waals surface area contributed by atoms with Crippen molar-refractivity contribution < 1.29 is 14.0 Å². The lowest BCUT2D eigenvalue weighted by Crippen LogP contribution is -2.41. The molecule has 1 fully saturated rings. The number of ether oxygens (including phenoxy) is 1. The predicted octanol–water partition coefficient (Wildman–Crippen LogP) is 1.97. The Morgan fingerprint density at radius 2 is 1.86 bits per heavy atom. The molecule has 21 heavy (non-hydrogen) atoms. The number of nitrogens with one attached hydrogen (secondary N) is 1. The fraction of sp³-hybridized carbons (Fsp3) is 0.625. The number of rotatable bonds is 2. The van der Waals surface area contributed by atoms with Gasteiger partial charge in [0.15, 0.2) is 0 Å². The topological polar surface area (TPSA) is 39.7 Å². The second-order valence-electron chi connectivity index (χ2n) is 6.95. The summed E-state index contributed by atoms with van der Waals surface area (Å²) < 4.78 is 17.7. The van der Waals surface area contributed by atoms with Crippen LogP contribution in [0.4, 0.5) is 5.69 Å². The van der Waals surface area contributed by atoms with Gasteiger partial charge in [0.2, 0.25) is 0 Å². The molecular weight excluding hydrogens is 265 g/mol. The fourth-order valence-electron chi connectivity index (χ4n) is 2.79. The zero-order valence-electron chi connectivity index (χ0n) is 13.5. The van der Waals surface area contributed by atoms with Crippen LogP contribution in [-0.4, -0.2) is 38.1 Å². The van der Waals surface area contributed by atoms with Gasteiger partial charge in [-0.05, 0) is 44.8 Å².